The maximum atomic E-state index is 13.7. The number of hydrogen-bond donors (Lipinski definition) is 2. The minimum atomic E-state index is -0.538. The van der Waals surface area contributed by atoms with Crippen molar-refractivity contribution in [2.45, 2.75) is 31.7 Å². The van der Waals surface area contributed by atoms with Crippen molar-refractivity contribution in [1.82, 2.24) is 15.5 Å². The van der Waals surface area contributed by atoms with Gasteiger partial charge in [0.15, 0.2) is 0 Å². The van der Waals surface area contributed by atoms with Crippen molar-refractivity contribution >= 4 is 17.9 Å². The van der Waals surface area contributed by atoms with Crippen LogP contribution in [0.25, 0.3) is 0 Å². The predicted molar refractivity (Wildman–Crippen MR) is 95.5 cm³/mol. The second-order valence-electron chi connectivity index (χ2n) is 7.02. The molecule has 0 unspecified atom stereocenters. The number of carbonyl (C=O) groups is 3. The molecule has 0 aromatic heterocycles. The molecule has 3 rings (SSSR count). The van der Waals surface area contributed by atoms with Crippen LogP contribution in [0.2, 0.25) is 0 Å². The van der Waals surface area contributed by atoms with Crippen LogP contribution in [0, 0.1) is 11.7 Å². The quantitative estimate of drug-likeness (QED) is 0.790. The van der Waals surface area contributed by atoms with Crippen molar-refractivity contribution in [3.8, 4) is 0 Å². The number of cyclic esters (lactones) is 1. The maximum Gasteiger partial charge on any atom is 0.410 e. The molecule has 2 atom stereocenters. The van der Waals surface area contributed by atoms with E-state index < -0.39 is 17.8 Å². The third-order valence-corrected chi connectivity index (χ3v) is 5.00. The zero-order chi connectivity index (χ0) is 19.2. The summed E-state index contributed by atoms with van der Waals surface area (Å²) in [5.74, 6) is -0.942. The Bertz CT molecular complexity index is 712. The van der Waals surface area contributed by atoms with E-state index in [2.05, 4.69) is 10.6 Å². The molecule has 1 saturated carbocycles. The van der Waals surface area contributed by atoms with Gasteiger partial charge in [-0.1, -0.05) is 18.6 Å². The standard InChI is InChI=1S/C19H24FN3O4/c20-16-7-2-1-6-15(16)18(25)21-11-13-4-3-5-14(10-13)22-17(24)12-23-8-9-27-19(23)26/h1-2,6-7,13-14H,3-5,8-12H2,(H,21,25)(H,22,24)/t13-,14+/m1/s1. The first-order valence-electron chi connectivity index (χ1n) is 9.26. The third-order valence-electron chi connectivity index (χ3n) is 5.00. The molecular formula is C19H24FN3O4. The topological polar surface area (TPSA) is 87.7 Å². The highest BCUT2D eigenvalue weighted by atomic mass is 19.1. The fraction of sp³-hybridized carbons (Fsp3) is 0.526. The van der Waals surface area contributed by atoms with Crippen molar-refractivity contribution in [3.05, 3.63) is 35.6 Å². The molecule has 8 heteroatoms. The van der Waals surface area contributed by atoms with Gasteiger partial charge in [-0.25, -0.2) is 9.18 Å². The first-order valence-corrected chi connectivity index (χ1v) is 9.26. The van der Waals surface area contributed by atoms with E-state index in [1.54, 1.807) is 12.1 Å². The van der Waals surface area contributed by atoms with Gasteiger partial charge in [-0.05, 0) is 37.3 Å². The van der Waals surface area contributed by atoms with E-state index in [1.807, 2.05) is 0 Å². The number of amides is 3. The van der Waals surface area contributed by atoms with Crippen LogP contribution in [0.1, 0.15) is 36.0 Å². The number of nitrogens with one attached hydrogen (secondary N) is 2. The zero-order valence-corrected chi connectivity index (χ0v) is 15.1. The molecule has 27 heavy (non-hydrogen) atoms. The van der Waals surface area contributed by atoms with Crippen LogP contribution < -0.4 is 10.6 Å². The van der Waals surface area contributed by atoms with Gasteiger partial charge >= 0.3 is 6.09 Å². The van der Waals surface area contributed by atoms with E-state index in [9.17, 15) is 18.8 Å². The summed E-state index contributed by atoms with van der Waals surface area (Å²) in [7, 11) is 0. The van der Waals surface area contributed by atoms with E-state index in [0.29, 0.717) is 19.7 Å². The Labute approximate surface area is 157 Å². The van der Waals surface area contributed by atoms with Gasteiger partial charge in [-0.15, -0.1) is 0 Å². The second-order valence-corrected chi connectivity index (χ2v) is 7.02. The summed E-state index contributed by atoms with van der Waals surface area (Å²) < 4.78 is 18.5. The SMILES string of the molecule is O=C(CN1CCOC1=O)N[C@H]1CCC[C@@H](CNC(=O)c2ccccc2F)C1. The first kappa shape index (κ1) is 19.1. The summed E-state index contributed by atoms with van der Waals surface area (Å²) in [4.78, 5) is 37.0. The fourth-order valence-electron chi connectivity index (χ4n) is 3.60. The highest BCUT2D eigenvalue weighted by Gasteiger charge is 2.27. The summed E-state index contributed by atoms with van der Waals surface area (Å²) in [6, 6.07) is 5.90. The van der Waals surface area contributed by atoms with E-state index >= 15 is 0 Å². The van der Waals surface area contributed by atoms with Crippen molar-refractivity contribution < 1.29 is 23.5 Å². The lowest BCUT2D eigenvalue weighted by molar-refractivity contribution is -0.122. The molecule has 2 N–H and O–H groups in total. The normalized spacial score (nSPS) is 22.3. The molecule has 2 aliphatic rings. The lowest BCUT2D eigenvalue weighted by Crippen LogP contribution is -2.45. The van der Waals surface area contributed by atoms with Gasteiger partial charge in [0.1, 0.15) is 19.0 Å². The summed E-state index contributed by atoms with van der Waals surface area (Å²) in [5.41, 5.74) is 0.0376. The molecule has 0 radical (unpaired) electrons. The minimum absolute atomic E-state index is 0.00399. The number of rotatable bonds is 6. The van der Waals surface area contributed by atoms with Crippen molar-refractivity contribution in [3.63, 3.8) is 0 Å². The number of hydrogen-bond acceptors (Lipinski definition) is 4. The summed E-state index contributed by atoms with van der Waals surface area (Å²) in [5, 5.41) is 5.75. The van der Waals surface area contributed by atoms with E-state index in [-0.39, 0.29) is 30.0 Å². The van der Waals surface area contributed by atoms with Crippen LogP contribution in [0.5, 0.6) is 0 Å². The molecule has 1 aliphatic carbocycles. The Kier molecular flexibility index (Phi) is 6.26. The van der Waals surface area contributed by atoms with Gasteiger partial charge in [0.05, 0.1) is 12.1 Å². The van der Waals surface area contributed by atoms with Crippen molar-refractivity contribution in [2.24, 2.45) is 5.92 Å². The molecule has 1 saturated heterocycles. The lowest BCUT2D eigenvalue weighted by atomic mass is 9.85. The average Bonchev–Trinajstić information content (AvgIpc) is 3.05. The largest absolute Gasteiger partial charge is 0.448 e. The second kappa shape index (κ2) is 8.83. The Morgan fingerprint density at radius 2 is 2.07 bits per heavy atom. The van der Waals surface area contributed by atoms with Crippen LogP contribution in [0.3, 0.4) is 0 Å². The van der Waals surface area contributed by atoms with Crippen LogP contribution in [0.4, 0.5) is 9.18 Å². The highest BCUT2D eigenvalue weighted by molar-refractivity contribution is 5.94. The van der Waals surface area contributed by atoms with Gasteiger partial charge < -0.3 is 15.4 Å². The average molecular weight is 377 g/mol. The van der Waals surface area contributed by atoms with Crippen LogP contribution in [-0.4, -0.2) is 55.1 Å². The van der Waals surface area contributed by atoms with Crippen LogP contribution in [0.15, 0.2) is 24.3 Å². The first-order chi connectivity index (χ1) is 13.0. The van der Waals surface area contributed by atoms with Gasteiger partial charge in [-0.3, -0.25) is 14.5 Å². The van der Waals surface area contributed by atoms with E-state index in [0.717, 1.165) is 25.7 Å². The number of benzene rings is 1. The summed E-state index contributed by atoms with van der Waals surface area (Å²) >= 11 is 0. The monoisotopic (exact) mass is 377 g/mol. The van der Waals surface area contributed by atoms with Gasteiger partial charge in [0, 0.05) is 12.6 Å². The molecule has 3 amide bonds. The summed E-state index contributed by atoms with van der Waals surface area (Å²) in [6.07, 6.45) is 3.04. The Balaban J connectivity index is 1.43. The van der Waals surface area contributed by atoms with Crippen molar-refractivity contribution in [2.75, 3.05) is 26.2 Å². The molecule has 1 aromatic carbocycles. The Hall–Kier alpha value is -2.64. The smallest absolute Gasteiger partial charge is 0.410 e. The molecule has 0 spiro atoms. The van der Waals surface area contributed by atoms with E-state index in [1.165, 1.54) is 17.0 Å². The number of nitrogens with zero attached hydrogens (tertiary/aromatic N) is 1. The number of ether oxygens (including phenoxy) is 1. The van der Waals surface area contributed by atoms with Gasteiger partial charge in [0.2, 0.25) is 5.91 Å². The predicted octanol–water partition coefficient (Wildman–Crippen LogP) is 1.68. The zero-order valence-electron chi connectivity index (χ0n) is 15.1. The van der Waals surface area contributed by atoms with E-state index in [4.69, 9.17) is 4.74 Å². The maximum absolute atomic E-state index is 13.7. The highest BCUT2D eigenvalue weighted by Crippen LogP contribution is 2.24. The molecule has 2 fully saturated rings. The molecule has 1 heterocycles. The molecule has 1 aromatic rings. The molecular weight excluding hydrogens is 353 g/mol. The lowest BCUT2D eigenvalue weighted by Gasteiger charge is -2.30. The van der Waals surface area contributed by atoms with Crippen molar-refractivity contribution in [1.29, 1.82) is 0 Å². The fourth-order valence-corrected chi connectivity index (χ4v) is 3.60. The van der Waals surface area contributed by atoms with Gasteiger partial charge in [0.25, 0.3) is 5.91 Å². The molecule has 146 valence electrons. The summed E-state index contributed by atoms with van der Waals surface area (Å²) in [6.45, 7) is 1.20. The number of carbonyl (C=O) groups excluding carboxylic acids is 3. The van der Waals surface area contributed by atoms with Gasteiger partial charge in [-0.2, -0.15) is 0 Å². The third kappa shape index (κ3) is 5.18. The Morgan fingerprint density at radius 3 is 2.81 bits per heavy atom. The molecule has 0 bridgehead atoms. The van der Waals surface area contributed by atoms with Crippen LogP contribution in [-0.2, 0) is 9.53 Å². The molecule has 1 aliphatic heterocycles. The minimum Gasteiger partial charge on any atom is -0.448 e. The van der Waals surface area contributed by atoms with Crippen LogP contribution >= 0.6 is 0 Å². The molecule has 7 nitrogen and oxygen atoms in total. The Morgan fingerprint density at radius 1 is 1.26 bits per heavy atom. The number of halogens is 1.